The second kappa shape index (κ2) is 4.75. The molecule has 5 nitrogen and oxygen atoms in total. The largest absolute Gasteiger partial charge is 0.397 e. The molecule has 0 atom stereocenters. The number of nitrogens with two attached hydrogens (primary N) is 1. The number of nitrogens with one attached hydrogen (secondary N) is 1. The third-order valence-electron chi connectivity index (χ3n) is 2.98. The molecular weight excluding hydrogens is 327 g/mol. The van der Waals surface area contributed by atoms with Crippen molar-refractivity contribution in [1.29, 1.82) is 0 Å². The summed E-state index contributed by atoms with van der Waals surface area (Å²) in [7, 11) is 0. The molecule has 0 aliphatic rings. The molecule has 0 saturated heterocycles. The van der Waals surface area contributed by atoms with E-state index >= 15 is 0 Å². The van der Waals surface area contributed by atoms with Crippen molar-refractivity contribution in [2.24, 2.45) is 0 Å². The summed E-state index contributed by atoms with van der Waals surface area (Å²) in [5, 5.41) is 10.8. The maximum absolute atomic E-state index is 13.4. The Morgan fingerprint density at radius 3 is 2.75 bits per heavy atom. The molecule has 0 spiro atoms. The SMILES string of the molecule is Cc1cc(F)c(Br)cc1Nc1ccc(N)c2nonc12. The van der Waals surface area contributed by atoms with Gasteiger partial charge in [-0.05, 0) is 63.0 Å². The van der Waals surface area contributed by atoms with Gasteiger partial charge in [-0.1, -0.05) is 0 Å². The summed E-state index contributed by atoms with van der Waals surface area (Å²) in [4.78, 5) is 0. The summed E-state index contributed by atoms with van der Waals surface area (Å²) in [6.07, 6.45) is 0. The number of hydrogen-bond donors (Lipinski definition) is 2. The summed E-state index contributed by atoms with van der Waals surface area (Å²) in [5.74, 6) is -0.307. The normalized spacial score (nSPS) is 10.9. The molecule has 0 saturated carbocycles. The van der Waals surface area contributed by atoms with E-state index in [2.05, 4.69) is 31.6 Å². The molecule has 20 heavy (non-hydrogen) atoms. The predicted octanol–water partition coefficient (Wildman–Crippen LogP) is 3.76. The summed E-state index contributed by atoms with van der Waals surface area (Å²) in [6.45, 7) is 1.81. The van der Waals surface area contributed by atoms with Gasteiger partial charge in [0.05, 0.1) is 15.8 Å². The minimum atomic E-state index is -0.307. The highest BCUT2D eigenvalue weighted by atomic mass is 79.9. The van der Waals surface area contributed by atoms with Gasteiger partial charge in [-0.25, -0.2) is 9.02 Å². The van der Waals surface area contributed by atoms with Crippen LogP contribution in [0.4, 0.5) is 21.5 Å². The van der Waals surface area contributed by atoms with Gasteiger partial charge in [0.15, 0.2) is 11.0 Å². The number of nitrogens with zero attached hydrogens (tertiary/aromatic N) is 2. The zero-order chi connectivity index (χ0) is 14.3. The average molecular weight is 337 g/mol. The Kier molecular flexibility index (Phi) is 3.06. The zero-order valence-electron chi connectivity index (χ0n) is 10.4. The first-order valence-electron chi connectivity index (χ1n) is 5.79. The lowest BCUT2D eigenvalue weighted by molar-refractivity contribution is 0.316. The molecule has 3 rings (SSSR count). The van der Waals surface area contributed by atoms with E-state index in [0.29, 0.717) is 26.9 Å². The molecule has 0 fully saturated rings. The van der Waals surface area contributed by atoms with Crippen molar-refractivity contribution in [3.05, 3.63) is 40.1 Å². The summed E-state index contributed by atoms with van der Waals surface area (Å²) >= 11 is 3.17. The fourth-order valence-corrected chi connectivity index (χ4v) is 2.26. The number of rotatable bonds is 2. The molecule has 3 aromatic rings. The van der Waals surface area contributed by atoms with Crippen LogP contribution in [-0.2, 0) is 0 Å². The van der Waals surface area contributed by atoms with Gasteiger partial charge < -0.3 is 11.1 Å². The molecule has 102 valence electrons. The second-order valence-electron chi connectivity index (χ2n) is 4.37. The Morgan fingerprint density at radius 2 is 1.95 bits per heavy atom. The molecule has 7 heteroatoms. The number of halogens is 2. The van der Waals surface area contributed by atoms with Gasteiger partial charge in [-0.3, -0.25) is 0 Å². The number of fused-ring (bicyclic) bond motifs is 1. The number of nitrogen functional groups attached to an aromatic ring is 1. The number of anilines is 3. The highest BCUT2D eigenvalue weighted by Crippen LogP contribution is 2.31. The first kappa shape index (κ1) is 12.9. The van der Waals surface area contributed by atoms with Crippen LogP contribution in [0.25, 0.3) is 11.0 Å². The van der Waals surface area contributed by atoms with Gasteiger partial charge in [-0.2, -0.15) is 0 Å². The standard InChI is InChI=1S/C13H10BrFN4O/c1-6-4-8(15)7(14)5-11(6)17-10-3-2-9(16)12-13(10)19-20-18-12/h2-5,17H,16H2,1H3. The van der Waals surface area contributed by atoms with Crippen molar-refractivity contribution < 1.29 is 9.02 Å². The van der Waals surface area contributed by atoms with Crippen LogP contribution < -0.4 is 11.1 Å². The number of aromatic nitrogens is 2. The van der Waals surface area contributed by atoms with E-state index in [1.807, 2.05) is 6.92 Å². The Balaban J connectivity index is 2.08. The highest BCUT2D eigenvalue weighted by molar-refractivity contribution is 9.10. The summed E-state index contributed by atoms with van der Waals surface area (Å²) in [6, 6.07) is 6.60. The van der Waals surface area contributed by atoms with Gasteiger partial charge in [0.1, 0.15) is 5.82 Å². The molecule has 2 aromatic carbocycles. The maximum Gasteiger partial charge on any atom is 0.160 e. The fraction of sp³-hybridized carbons (Fsp3) is 0.0769. The quantitative estimate of drug-likeness (QED) is 0.697. The zero-order valence-corrected chi connectivity index (χ0v) is 12.0. The van der Waals surface area contributed by atoms with Crippen molar-refractivity contribution in [3.8, 4) is 0 Å². The van der Waals surface area contributed by atoms with E-state index < -0.39 is 0 Å². The van der Waals surface area contributed by atoms with Crippen LogP contribution in [0.3, 0.4) is 0 Å². The summed E-state index contributed by atoms with van der Waals surface area (Å²) < 4.78 is 18.5. The molecular formula is C13H10BrFN4O. The highest BCUT2D eigenvalue weighted by Gasteiger charge is 2.12. The Labute approximate surface area is 122 Å². The third-order valence-corrected chi connectivity index (χ3v) is 3.59. The van der Waals surface area contributed by atoms with Crippen molar-refractivity contribution in [1.82, 2.24) is 10.3 Å². The molecule has 0 aliphatic carbocycles. The predicted molar refractivity (Wildman–Crippen MR) is 78.3 cm³/mol. The Morgan fingerprint density at radius 1 is 1.20 bits per heavy atom. The van der Waals surface area contributed by atoms with Gasteiger partial charge >= 0.3 is 0 Å². The first-order chi connectivity index (χ1) is 9.56. The minimum Gasteiger partial charge on any atom is -0.397 e. The minimum absolute atomic E-state index is 0.307. The van der Waals surface area contributed by atoms with Crippen molar-refractivity contribution >= 4 is 44.0 Å². The molecule has 0 aliphatic heterocycles. The van der Waals surface area contributed by atoms with Gasteiger partial charge in [0.2, 0.25) is 0 Å². The van der Waals surface area contributed by atoms with Crippen LogP contribution in [0.5, 0.6) is 0 Å². The van der Waals surface area contributed by atoms with Crippen LogP contribution >= 0.6 is 15.9 Å². The lowest BCUT2D eigenvalue weighted by Crippen LogP contribution is -1.97. The monoisotopic (exact) mass is 336 g/mol. The molecule has 3 N–H and O–H groups in total. The van der Waals surface area contributed by atoms with E-state index in [1.54, 1.807) is 18.2 Å². The van der Waals surface area contributed by atoms with Crippen LogP contribution in [0.1, 0.15) is 5.56 Å². The van der Waals surface area contributed by atoms with Crippen LogP contribution in [0.2, 0.25) is 0 Å². The van der Waals surface area contributed by atoms with Crippen molar-refractivity contribution in [2.45, 2.75) is 6.92 Å². The summed E-state index contributed by atoms with van der Waals surface area (Å²) in [5.41, 5.74) is 9.52. The lowest BCUT2D eigenvalue weighted by atomic mass is 10.1. The molecule has 1 heterocycles. The van der Waals surface area contributed by atoms with Gasteiger partial charge in [0, 0.05) is 5.69 Å². The van der Waals surface area contributed by atoms with E-state index in [9.17, 15) is 4.39 Å². The van der Waals surface area contributed by atoms with Crippen LogP contribution in [0, 0.1) is 12.7 Å². The lowest BCUT2D eigenvalue weighted by Gasteiger charge is -2.11. The van der Waals surface area contributed by atoms with E-state index in [0.717, 1.165) is 11.3 Å². The Hall–Kier alpha value is -2.15. The van der Waals surface area contributed by atoms with E-state index in [-0.39, 0.29) is 5.82 Å². The smallest absolute Gasteiger partial charge is 0.160 e. The van der Waals surface area contributed by atoms with Gasteiger partial charge in [0.25, 0.3) is 0 Å². The first-order valence-corrected chi connectivity index (χ1v) is 6.59. The molecule has 0 bridgehead atoms. The fourth-order valence-electron chi connectivity index (χ4n) is 1.91. The molecule has 0 unspecified atom stereocenters. The average Bonchev–Trinajstić information content (AvgIpc) is 2.89. The Bertz CT molecular complexity index is 802. The maximum atomic E-state index is 13.4. The van der Waals surface area contributed by atoms with E-state index in [1.165, 1.54) is 6.07 Å². The van der Waals surface area contributed by atoms with Crippen LogP contribution in [0.15, 0.2) is 33.4 Å². The number of benzene rings is 2. The van der Waals surface area contributed by atoms with Crippen molar-refractivity contribution in [2.75, 3.05) is 11.1 Å². The topological polar surface area (TPSA) is 77.0 Å². The second-order valence-corrected chi connectivity index (χ2v) is 5.22. The molecule has 0 amide bonds. The third kappa shape index (κ3) is 2.09. The van der Waals surface area contributed by atoms with Crippen molar-refractivity contribution in [3.63, 3.8) is 0 Å². The van der Waals surface area contributed by atoms with Gasteiger partial charge in [-0.15, -0.1) is 0 Å². The number of hydrogen-bond acceptors (Lipinski definition) is 5. The molecule has 0 radical (unpaired) electrons. The molecule has 1 aromatic heterocycles. The van der Waals surface area contributed by atoms with Crippen LogP contribution in [-0.4, -0.2) is 10.3 Å². The number of aryl methyl sites for hydroxylation is 1. The van der Waals surface area contributed by atoms with E-state index in [4.69, 9.17) is 10.4 Å².